The van der Waals surface area contributed by atoms with Crippen LogP contribution >= 0.6 is 0 Å². The molecule has 2 N–H and O–H groups in total. The third-order valence-corrected chi connectivity index (χ3v) is 0.173. The summed E-state index contributed by atoms with van der Waals surface area (Å²) in [5.41, 5.74) is 0. The fraction of sp³-hybridized carbons (Fsp3) is 0. The summed E-state index contributed by atoms with van der Waals surface area (Å²) in [6.07, 6.45) is 0. The van der Waals surface area contributed by atoms with Crippen LogP contribution in [0.4, 0.5) is 0 Å². The lowest BCUT2D eigenvalue weighted by atomic mass is 12.8. The molecule has 21 valence electrons. The minimum absolute atomic E-state index is 2.62. The molecule has 0 rings (SSSR count). The van der Waals surface area contributed by atoms with Crippen LogP contribution in [0.3, 0.4) is 0 Å². The Morgan fingerprint density at radius 2 is 2.00 bits per heavy atom. The standard InChI is InChI=1S/H2N3Si/c1-2-3-4/h(H2,1,3). The Labute approximate surface area is 27.4 Å². The van der Waals surface area contributed by atoms with Crippen LogP contribution in [0.2, 0.25) is 0 Å². The van der Waals surface area contributed by atoms with Crippen LogP contribution in [-0.4, -0.2) is 10.4 Å². The van der Waals surface area contributed by atoms with E-state index in [2.05, 4.69) is 26.2 Å². The molecule has 0 saturated carbocycles. The van der Waals surface area contributed by atoms with Gasteiger partial charge in [-0.15, -0.1) is 0 Å². The average Bonchev–Trinajstić information content (AvgIpc) is 1.37. The van der Waals surface area contributed by atoms with Gasteiger partial charge in [-0.05, 0) is 0 Å². The minimum Gasteiger partial charge on any atom is -0.306 e. The van der Waals surface area contributed by atoms with Gasteiger partial charge in [-0.3, -0.25) is 0 Å². The molecule has 3 nitrogen and oxygen atoms in total. The van der Waals surface area contributed by atoms with Crippen molar-refractivity contribution in [1.29, 1.82) is 0 Å². The third-order valence-electron chi connectivity index (χ3n) is 0.0577. The van der Waals surface area contributed by atoms with E-state index in [9.17, 15) is 0 Å². The van der Waals surface area contributed by atoms with Gasteiger partial charge < -0.3 is 5.84 Å². The maximum absolute atomic E-state index is 4.44. The number of rotatable bonds is 0. The molecule has 0 aromatic carbocycles. The van der Waals surface area contributed by atoms with Crippen molar-refractivity contribution in [1.82, 2.24) is 0 Å². The summed E-state index contributed by atoms with van der Waals surface area (Å²) in [4.78, 5) is 0. The van der Waals surface area contributed by atoms with Gasteiger partial charge in [0.25, 0.3) is 10.4 Å². The third kappa shape index (κ3) is 1.62. The minimum atomic E-state index is 2.62. The summed E-state index contributed by atoms with van der Waals surface area (Å²) in [7, 11) is 2.62. The van der Waals surface area contributed by atoms with E-state index in [4.69, 9.17) is 0 Å². The van der Waals surface area contributed by atoms with E-state index in [0.717, 1.165) is 0 Å². The highest BCUT2D eigenvalue weighted by Crippen LogP contribution is 1.39. The predicted molar refractivity (Wildman–Crippen MR) is 14.8 cm³/mol. The largest absolute Gasteiger partial charge is 0.306 e. The first-order valence-corrected chi connectivity index (χ1v) is 1.13. The van der Waals surface area contributed by atoms with Gasteiger partial charge >= 0.3 is 0 Å². The molecule has 0 atom stereocenters. The molecule has 3 radical (unpaired) electrons. The normalized spacial score (nSPS) is 9.25. The van der Waals surface area contributed by atoms with Gasteiger partial charge in [0.1, 0.15) is 0 Å². The van der Waals surface area contributed by atoms with Crippen molar-refractivity contribution in [3.63, 3.8) is 0 Å². The molecule has 0 amide bonds. The monoisotopic (exact) mass is 72.0 g/mol. The summed E-state index contributed by atoms with van der Waals surface area (Å²) in [5, 5.41) is 2.77. The predicted octanol–water partition coefficient (Wildman–Crippen LogP) is -0.604. The highest BCUT2D eigenvalue weighted by Gasteiger charge is 1.33. The first kappa shape index (κ1) is 3.62. The molecule has 0 aliphatic heterocycles. The maximum atomic E-state index is 4.44. The Kier molecular flexibility index (Phi) is 2.37. The molecular weight excluding hydrogens is 70.1 g/mol. The Morgan fingerprint density at radius 3 is 2.00 bits per heavy atom. The number of nitrogens with two attached hydrogens (primary N) is 1. The highest BCUT2D eigenvalue weighted by atomic mass is 28.2. The molecule has 0 heterocycles. The molecule has 0 aromatic heterocycles. The topological polar surface area (TPSA) is 50.7 Å². The number of hydrogen-bond donors (Lipinski definition) is 1. The summed E-state index contributed by atoms with van der Waals surface area (Å²) in [6.45, 7) is 0. The van der Waals surface area contributed by atoms with Crippen LogP contribution in [0.1, 0.15) is 0 Å². The van der Waals surface area contributed by atoms with E-state index in [1.807, 2.05) is 0 Å². The summed E-state index contributed by atoms with van der Waals surface area (Å²) in [6, 6.07) is 0. The van der Waals surface area contributed by atoms with E-state index in [1.54, 1.807) is 0 Å². The first-order valence-electron chi connectivity index (χ1n) is 0.682. The van der Waals surface area contributed by atoms with E-state index < -0.39 is 0 Å². The van der Waals surface area contributed by atoms with Crippen molar-refractivity contribution in [2.75, 3.05) is 0 Å². The maximum Gasteiger partial charge on any atom is 0.257 e. The fourth-order valence-electron chi connectivity index (χ4n) is 0. The lowest BCUT2D eigenvalue weighted by molar-refractivity contribution is 1.11. The smallest absolute Gasteiger partial charge is 0.257 e. The molecule has 0 aliphatic carbocycles. The van der Waals surface area contributed by atoms with Crippen LogP contribution in [0.25, 0.3) is 0 Å². The van der Waals surface area contributed by atoms with Crippen molar-refractivity contribution in [2.45, 2.75) is 0 Å². The molecule has 0 fully saturated rings. The van der Waals surface area contributed by atoms with Crippen LogP contribution < -0.4 is 5.84 Å². The molecule has 0 aliphatic rings. The van der Waals surface area contributed by atoms with Crippen molar-refractivity contribution in [2.24, 2.45) is 15.8 Å². The molecule has 0 saturated heterocycles. The van der Waals surface area contributed by atoms with E-state index in [-0.39, 0.29) is 0 Å². The Hall–Kier alpha value is -0.383. The second kappa shape index (κ2) is 2.62. The van der Waals surface area contributed by atoms with Gasteiger partial charge in [0.05, 0.1) is 0 Å². The first-order chi connectivity index (χ1) is 1.91. The zero-order valence-electron chi connectivity index (χ0n) is 1.97. The Morgan fingerprint density at radius 1 is 1.75 bits per heavy atom. The van der Waals surface area contributed by atoms with Gasteiger partial charge in [-0.25, -0.2) is 4.78 Å². The SMILES string of the molecule is N/N=N/[Si]. The highest BCUT2D eigenvalue weighted by molar-refractivity contribution is 6.04. The molecule has 4 heavy (non-hydrogen) atoms. The molecular formula is H2N3Si. The van der Waals surface area contributed by atoms with Crippen LogP contribution in [0.5, 0.6) is 0 Å². The zero-order valence-corrected chi connectivity index (χ0v) is 2.97. The van der Waals surface area contributed by atoms with Gasteiger partial charge in [-0.1, -0.05) is 5.22 Å². The summed E-state index contributed by atoms with van der Waals surface area (Å²) >= 11 is 0. The Bertz CT molecular complexity index is 18.5. The van der Waals surface area contributed by atoms with Gasteiger partial charge in [0, 0.05) is 0 Å². The van der Waals surface area contributed by atoms with Crippen molar-refractivity contribution < 1.29 is 0 Å². The Balaban J connectivity index is 2.55. The number of hydrogen-bond acceptors (Lipinski definition) is 2. The fourth-order valence-corrected chi connectivity index (χ4v) is 0. The zero-order chi connectivity index (χ0) is 3.41. The van der Waals surface area contributed by atoms with E-state index >= 15 is 0 Å². The summed E-state index contributed by atoms with van der Waals surface area (Å²) in [5.74, 6) is 4.44. The lowest BCUT2D eigenvalue weighted by Crippen LogP contribution is -1.71. The lowest BCUT2D eigenvalue weighted by Gasteiger charge is -1.55. The second-order valence-electron chi connectivity index (χ2n) is 0.215. The van der Waals surface area contributed by atoms with E-state index in [1.165, 1.54) is 0 Å². The van der Waals surface area contributed by atoms with Crippen LogP contribution in [0.15, 0.2) is 10.0 Å². The molecule has 0 spiro atoms. The molecule has 0 bridgehead atoms. The van der Waals surface area contributed by atoms with Crippen molar-refractivity contribution in [3.8, 4) is 0 Å². The molecule has 0 unspecified atom stereocenters. The van der Waals surface area contributed by atoms with Crippen molar-refractivity contribution >= 4 is 10.4 Å². The average molecular weight is 72.1 g/mol. The van der Waals surface area contributed by atoms with Gasteiger partial charge in [0.15, 0.2) is 0 Å². The quantitative estimate of drug-likeness (QED) is 0.176. The van der Waals surface area contributed by atoms with Gasteiger partial charge in [-0.2, -0.15) is 0 Å². The molecule has 4 heteroatoms. The van der Waals surface area contributed by atoms with Crippen molar-refractivity contribution in [3.05, 3.63) is 0 Å². The van der Waals surface area contributed by atoms with Gasteiger partial charge in [0.2, 0.25) is 0 Å². The summed E-state index contributed by atoms with van der Waals surface area (Å²) < 4.78 is 2.94. The van der Waals surface area contributed by atoms with Crippen LogP contribution in [-0.2, 0) is 0 Å². The van der Waals surface area contributed by atoms with Crippen LogP contribution in [0, 0.1) is 0 Å². The number of nitrogens with zero attached hydrogens (tertiary/aromatic N) is 2. The molecule has 0 aromatic rings. The second-order valence-corrected chi connectivity index (χ2v) is 0.415. The van der Waals surface area contributed by atoms with E-state index in [0.29, 0.717) is 0 Å².